The summed E-state index contributed by atoms with van der Waals surface area (Å²) in [6, 6.07) is 2.98. The van der Waals surface area contributed by atoms with Crippen molar-refractivity contribution >= 4 is 44.4 Å². The molecule has 0 amide bonds. The molecule has 10 heteroatoms. The Morgan fingerprint density at radius 2 is 1.81 bits per heavy atom. The van der Waals surface area contributed by atoms with Crippen molar-refractivity contribution < 1.29 is 25.3 Å². The van der Waals surface area contributed by atoms with Crippen molar-refractivity contribution in [2.24, 2.45) is 0 Å². The van der Waals surface area contributed by atoms with E-state index in [9.17, 15) is 8.42 Å². The van der Waals surface area contributed by atoms with Crippen LogP contribution in [-0.4, -0.2) is 49.0 Å². The maximum atomic E-state index is 12.5. The number of benzene rings is 1. The maximum absolute atomic E-state index is 12.5. The van der Waals surface area contributed by atoms with E-state index in [0.717, 1.165) is 11.7 Å². The molecule has 0 fully saturated rings. The standard InChI is InChI=1S/C11H16ClN4O2S2.ClH/c1-7(16(2,3)4)15-20(17,18)9-6-5-8(12)10-11(9)14-19-13-10;/h5-7,15H,1-4H3;1H/q+1;/p-1. The van der Waals surface area contributed by atoms with Crippen molar-refractivity contribution in [2.45, 2.75) is 18.0 Å². The van der Waals surface area contributed by atoms with Gasteiger partial charge in [0.1, 0.15) is 15.9 Å². The van der Waals surface area contributed by atoms with Crippen LogP contribution in [-0.2, 0) is 10.0 Å². The van der Waals surface area contributed by atoms with Gasteiger partial charge in [-0.05, 0) is 12.1 Å². The normalized spacial score (nSPS) is 14.0. The highest BCUT2D eigenvalue weighted by molar-refractivity contribution is 7.89. The van der Waals surface area contributed by atoms with Crippen molar-refractivity contribution in [1.29, 1.82) is 0 Å². The third-order valence-corrected chi connectivity index (χ3v) is 5.50. The number of nitrogens with one attached hydrogen (secondary N) is 1. The molecule has 1 aromatic carbocycles. The zero-order chi connectivity index (χ0) is 15.1. The van der Waals surface area contributed by atoms with Gasteiger partial charge in [0.2, 0.25) is 10.0 Å². The van der Waals surface area contributed by atoms with Gasteiger partial charge in [0, 0.05) is 6.92 Å². The third kappa shape index (κ3) is 3.82. The zero-order valence-corrected chi connectivity index (χ0v) is 15.1. The van der Waals surface area contributed by atoms with Crippen LogP contribution in [0.1, 0.15) is 6.92 Å². The summed E-state index contributed by atoms with van der Waals surface area (Å²) in [6.07, 6.45) is -0.280. The van der Waals surface area contributed by atoms with Gasteiger partial charge in [-0.3, -0.25) is 0 Å². The second kappa shape index (κ2) is 6.31. The zero-order valence-electron chi connectivity index (χ0n) is 12.0. The lowest BCUT2D eigenvalue weighted by Gasteiger charge is -2.31. The monoisotopic (exact) mass is 370 g/mol. The Balaban J connectivity index is 0.00000220. The minimum absolute atomic E-state index is 0. The van der Waals surface area contributed by atoms with Gasteiger partial charge in [-0.25, -0.2) is 8.42 Å². The van der Waals surface area contributed by atoms with E-state index < -0.39 is 10.0 Å². The number of hydrogen-bond donors (Lipinski definition) is 1. The Bertz CT molecular complexity index is 740. The fraction of sp³-hybridized carbons (Fsp3) is 0.455. The van der Waals surface area contributed by atoms with E-state index >= 15 is 0 Å². The number of quaternary nitrogens is 1. The SMILES string of the molecule is CC(NS(=O)(=O)c1ccc(Cl)c2nsnc12)[N+](C)(C)C.[Cl-]. The predicted molar refractivity (Wildman–Crippen MR) is 80.2 cm³/mol. The summed E-state index contributed by atoms with van der Waals surface area (Å²) in [5, 5.41) is 0.396. The quantitative estimate of drug-likeness (QED) is 0.535. The van der Waals surface area contributed by atoms with Crippen LogP contribution in [0.2, 0.25) is 5.02 Å². The lowest BCUT2D eigenvalue weighted by Crippen LogP contribution is -3.00. The summed E-state index contributed by atoms with van der Waals surface area (Å²) < 4.78 is 36.1. The Morgan fingerprint density at radius 1 is 1.24 bits per heavy atom. The van der Waals surface area contributed by atoms with E-state index in [0.29, 0.717) is 20.5 Å². The number of fused-ring (bicyclic) bond motifs is 1. The van der Waals surface area contributed by atoms with Crippen LogP contribution in [0.3, 0.4) is 0 Å². The lowest BCUT2D eigenvalue weighted by atomic mass is 10.3. The minimum atomic E-state index is -3.68. The van der Waals surface area contributed by atoms with E-state index in [1.807, 2.05) is 28.1 Å². The molecule has 1 aromatic heterocycles. The molecule has 1 atom stereocenters. The van der Waals surface area contributed by atoms with Gasteiger partial charge in [-0.1, -0.05) is 11.6 Å². The van der Waals surface area contributed by atoms with E-state index in [2.05, 4.69) is 13.5 Å². The molecule has 0 bridgehead atoms. The fourth-order valence-corrected chi connectivity index (χ4v) is 3.89. The first-order valence-electron chi connectivity index (χ1n) is 5.87. The highest BCUT2D eigenvalue weighted by atomic mass is 35.5. The van der Waals surface area contributed by atoms with Crippen molar-refractivity contribution in [3.05, 3.63) is 17.2 Å². The van der Waals surface area contributed by atoms with Gasteiger partial charge >= 0.3 is 0 Å². The first-order chi connectivity index (χ1) is 9.13. The summed E-state index contributed by atoms with van der Waals surface area (Å²) in [4.78, 5) is 0.103. The van der Waals surface area contributed by atoms with E-state index in [-0.39, 0.29) is 23.5 Å². The van der Waals surface area contributed by atoms with Crippen molar-refractivity contribution in [3.63, 3.8) is 0 Å². The molecule has 2 rings (SSSR count). The Hall–Kier alpha value is -0.510. The predicted octanol–water partition coefficient (Wildman–Crippen LogP) is -1.32. The largest absolute Gasteiger partial charge is 1.00 e. The Morgan fingerprint density at radius 3 is 2.38 bits per heavy atom. The molecule has 0 saturated heterocycles. The van der Waals surface area contributed by atoms with Gasteiger partial charge in [0.15, 0.2) is 6.17 Å². The number of halogens is 2. The molecule has 0 radical (unpaired) electrons. The van der Waals surface area contributed by atoms with Gasteiger partial charge in [-0.2, -0.15) is 13.5 Å². The maximum Gasteiger partial charge on any atom is 0.247 e. The van der Waals surface area contributed by atoms with Crippen LogP contribution in [0.15, 0.2) is 17.0 Å². The first-order valence-corrected chi connectivity index (χ1v) is 8.46. The van der Waals surface area contributed by atoms with Gasteiger partial charge in [0.05, 0.1) is 37.9 Å². The number of sulfonamides is 1. The fourth-order valence-electron chi connectivity index (χ4n) is 1.48. The average molecular weight is 371 g/mol. The molecular weight excluding hydrogens is 355 g/mol. The second-order valence-electron chi connectivity index (χ2n) is 5.42. The highest BCUT2D eigenvalue weighted by Crippen LogP contribution is 2.27. The molecule has 6 nitrogen and oxygen atoms in total. The number of aromatic nitrogens is 2. The third-order valence-electron chi connectivity index (χ3n) is 3.11. The van der Waals surface area contributed by atoms with Gasteiger partial charge < -0.3 is 16.9 Å². The number of rotatable bonds is 4. The summed E-state index contributed by atoms with van der Waals surface area (Å²) in [7, 11) is 2.06. The lowest BCUT2D eigenvalue weighted by molar-refractivity contribution is -0.895. The molecule has 0 aliphatic rings. The van der Waals surface area contributed by atoms with Crippen LogP contribution in [0.25, 0.3) is 11.0 Å². The number of nitrogens with zero attached hydrogens (tertiary/aromatic N) is 3. The Labute approximate surface area is 139 Å². The topological polar surface area (TPSA) is 72.0 Å². The molecule has 0 aliphatic carbocycles. The van der Waals surface area contributed by atoms with Crippen LogP contribution in [0.5, 0.6) is 0 Å². The second-order valence-corrected chi connectivity index (χ2v) is 8.04. The first kappa shape index (κ1) is 18.5. The summed E-state index contributed by atoms with van der Waals surface area (Å²) in [5.41, 5.74) is 0.723. The van der Waals surface area contributed by atoms with Crippen LogP contribution < -0.4 is 17.1 Å². The molecule has 21 heavy (non-hydrogen) atoms. The molecule has 0 aliphatic heterocycles. The molecule has 2 aromatic rings. The van der Waals surface area contributed by atoms with Crippen molar-refractivity contribution in [2.75, 3.05) is 21.1 Å². The molecule has 0 spiro atoms. The van der Waals surface area contributed by atoms with E-state index in [1.54, 1.807) is 0 Å². The molecular formula is C11H16Cl2N4O2S2. The minimum Gasteiger partial charge on any atom is -1.00 e. The van der Waals surface area contributed by atoms with Gasteiger partial charge in [-0.15, -0.1) is 0 Å². The molecule has 1 heterocycles. The van der Waals surface area contributed by atoms with E-state index in [1.165, 1.54) is 12.1 Å². The molecule has 118 valence electrons. The average Bonchev–Trinajstić information content (AvgIpc) is 2.76. The van der Waals surface area contributed by atoms with Crippen molar-refractivity contribution in [1.82, 2.24) is 13.5 Å². The smallest absolute Gasteiger partial charge is 0.247 e. The summed E-state index contributed by atoms with van der Waals surface area (Å²) >= 11 is 6.93. The number of hydrogen-bond acceptors (Lipinski definition) is 5. The van der Waals surface area contributed by atoms with Gasteiger partial charge in [0.25, 0.3) is 0 Å². The summed E-state index contributed by atoms with van der Waals surface area (Å²) in [5.74, 6) is 0. The molecule has 1 N–H and O–H groups in total. The van der Waals surface area contributed by atoms with Crippen LogP contribution in [0, 0.1) is 0 Å². The van der Waals surface area contributed by atoms with E-state index in [4.69, 9.17) is 11.6 Å². The van der Waals surface area contributed by atoms with Crippen LogP contribution >= 0.6 is 23.3 Å². The summed E-state index contributed by atoms with van der Waals surface area (Å²) in [6.45, 7) is 1.81. The van der Waals surface area contributed by atoms with Crippen molar-refractivity contribution in [3.8, 4) is 0 Å². The van der Waals surface area contributed by atoms with Crippen LogP contribution in [0.4, 0.5) is 0 Å². The molecule has 1 unspecified atom stereocenters. The Kier molecular flexibility index (Phi) is 5.57. The molecule has 0 saturated carbocycles. The highest BCUT2D eigenvalue weighted by Gasteiger charge is 2.28.